The highest BCUT2D eigenvalue weighted by Gasteiger charge is 2.20. The van der Waals surface area contributed by atoms with Crippen molar-refractivity contribution < 1.29 is 27.4 Å². The third kappa shape index (κ3) is 7.30. The van der Waals surface area contributed by atoms with Crippen molar-refractivity contribution >= 4 is 39.0 Å². The number of ether oxygens (including phenoxy) is 3. The van der Waals surface area contributed by atoms with Crippen molar-refractivity contribution in [3.05, 3.63) is 47.5 Å². The third-order valence-electron chi connectivity index (χ3n) is 4.51. The summed E-state index contributed by atoms with van der Waals surface area (Å²) in [4.78, 5) is 11.2. The fourth-order valence-electron chi connectivity index (χ4n) is 2.50. The van der Waals surface area contributed by atoms with Crippen LogP contribution in [0.2, 0.25) is 5.02 Å². The number of hydrogen-bond donors (Lipinski definition) is 0. The van der Waals surface area contributed by atoms with Gasteiger partial charge in [-0.05, 0) is 48.4 Å². The zero-order valence-corrected chi connectivity index (χ0v) is 20.0. The number of hydrogen-bond acceptors (Lipinski definition) is 6. The van der Waals surface area contributed by atoms with Gasteiger partial charge in [0.25, 0.3) is 0 Å². The molecule has 0 aliphatic heterocycles. The van der Waals surface area contributed by atoms with Crippen molar-refractivity contribution in [3.8, 4) is 11.5 Å². The molecule has 170 valence electrons. The standard InChI is InChI=1S/C22H26Cl2O6S/c1-4-15(2)13-28-17-5-7-19(8-6-17)31(26,27)20-9-10-22(21(24)11-20)29-14-18(12-23)30-16(3)25/h5-11,15,18H,4,12-14H2,1-3H3. The van der Waals surface area contributed by atoms with Crippen molar-refractivity contribution in [1.29, 1.82) is 0 Å². The zero-order chi connectivity index (χ0) is 23.0. The molecule has 0 heterocycles. The van der Waals surface area contributed by atoms with Gasteiger partial charge in [0, 0.05) is 6.92 Å². The summed E-state index contributed by atoms with van der Waals surface area (Å²) in [5.41, 5.74) is 0. The number of esters is 1. The van der Waals surface area contributed by atoms with E-state index in [1.165, 1.54) is 37.3 Å². The number of halogens is 2. The van der Waals surface area contributed by atoms with E-state index < -0.39 is 21.9 Å². The Kier molecular flexibility index (Phi) is 9.47. The molecule has 0 amide bonds. The van der Waals surface area contributed by atoms with Crippen LogP contribution in [-0.4, -0.2) is 39.6 Å². The molecule has 0 bridgehead atoms. The lowest BCUT2D eigenvalue weighted by Gasteiger charge is -2.16. The van der Waals surface area contributed by atoms with Gasteiger partial charge in [-0.25, -0.2) is 8.42 Å². The second kappa shape index (κ2) is 11.6. The summed E-state index contributed by atoms with van der Waals surface area (Å²) in [5.74, 6) is 0.873. The Morgan fingerprint density at radius 1 is 1.03 bits per heavy atom. The maximum absolute atomic E-state index is 12.9. The molecule has 2 atom stereocenters. The van der Waals surface area contributed by atoms with E-state index in [2.05, 4.69) is 13.8 Å². The predicted molar refractivity (Wildman–Crippen MR) is 120 cm³/mol. The predicted octanol–water partition coefficient (Wildman–Crippen LogP) is 5.15. The molecule has 2 aromatic carbocycles. The molecule has 2 unspecified atom stereocenters. The first-order valence-electron chi connectivity index (χ1n) is 9.80. The van der Waals surface area contributed by atoms with Gasteiger partial charge < -0.3 is 14.2 Å². The molecular weight excluding hydrogens is 463 g/mol. The van der Waals surface area contributed by atoms with Gasteiger partial charge in [0.2, 0.25) is 9.84 Å². The van der Waals surface area contributed by atoms with Gasteiger partial charge in [0.15, 0.2) is 0 Å². The molecule has 0 aliphatic rings. The number of alkyl halides is 1. The van der Waals surface area contributed by atoms with E-state index >= 15 is 0 Å². The first kappa shape index (κ1) is 25.3. The van der Waals surface area contributed by atoms with Crippen LogP contribution in [0.5, 0.6) is 11.5 Å². The van der Waals surface area contributed by atoms with Gasteiger partial charge in [-0.1, -0.05) is 31.9 Å². The molecule has 0 radical (unpaired) electrons. The van der Waals surface area contributed by atoms with Crippen molar-refractivity contribution in [2.45, 2.75) is 43.1 Å². The summed E-state index contributed by atoms with van der Waals surface area (Å²) in [6, 6.07) is 10.5. The monoisotopic (exact) mass is 488 g/mol. The van der Waals surface area contributed by atoms with Gasteiger partial charge in [0.1, 0.15) is 24.2 Å². The van der Waals surface area contributed by atoms with E-state index in [1.807, 2.05) is 0 Å². The van der Waals surface area contributed by atoms with Crippen LogP contribution in [0.25, 0.3) is 0 Å². The number of sulfone groups is 1. The second-order valence-electron chi connectivity index (χ2n) is 7.09. The Morgan fingerprint density at radius 2 is 1.68 bits per heavy atom. The topological polar surface area (TPSA) is 78.9 Å². The number of benzene rings is 2. The lowest BCUT2D eigenvalue weighted by atomic mass is 10.1. The first-order valence-corrected chi connectivity index (χ1v) is 12.2. The number of carbonyl (C=O) groups excluding carboxylic acids is 1. The van der Waals surface area contributed by atoms with Crippen LogP contribution in [0, 0.1) is 5.92 Å². The van der Waals surface area contributed by atoms with Gasteiger partial charge in [-0.3, -0.25) is 4.79 Å². The van der Waals surface area contributed by atoms with E-state index in [9.17, 15) is 13.2 Å². The number of rotatable bonds is 11. The maximum Gasteiger partial charge on any atom is 0.303 e. The quantitative estimate of drug-likeness (QED) is 0.321. The minimum absolute atomic E-state index is 0.00694. The molecule has 9 heteroatoms. The largest absolute Gasteiger partial charge is 0.493 e. The summed E-state index contributed by atoms with van der Waals surface area (Å²) in [6.07, 6.45) is 0.364. The molecule has 0 N–H and O–H groups in total. The van der Waals surface area contributed by atoms with Crippen LogP contribution in [0.1, 0.15) is 27.2 Å². The zero-order valence-electron chi connectivity index (χ0n) is 17.6. The van der Waals surface area contributed by atoms with Crippen LogP contribution in [-0.2, 0) is 19.4 Å². The third-order valence-corrected chi connectivity index (χ3v) is 6.92. The molecule has 0 fully saturated rings. The highest BCUT2D eigenvalue weighted by molar-refractivity contribution is 7.91. The Balaban J connectivity index is 2.11. The highest BCUT2D eigenvalue weighted by Crippen LogP contribution is 2.31. The second-order valence-corrected chi connectivity index (χ2v) is 9.75. The Labute approximate surface area is 193 Å². The molecule has 2 aromatic rings. The normalized spacial score (nSPS) is 13.3. The first-order chi connectivity index (χ1) is 14.7. The molecular formula is C22H26Cl2O6S. The lowest BCUT2D eigenvalue weighted by Crippen LogP contribution is -2.25. The fraction of sp³-hybridized carbons (Fsp3) is 0.409. The van der Waals surface area contributed by atoms with Crippen LogP contribution < -0.4 is 9.47 Å². The van der Waals surface area contributed by atoms with E-state index in [4.69, 9.17) is 37.4 Å². The average molecular weight is 489 g/mol. The smallest absolute Gasteiger partial charge is 0.303 e. The molecule has 0 spiro atoms. The van der Waals surface area contributed by atoms with E-state index in [0.29, 0.717) is 18.3 Å². The van der Waals surface area contributed by atoms with Gasteiger partial charge >= 0.3 is 5.97 Å². The Hall–Kier alpha value is -1.96. The Bertz CT molecular complexity index is 976. The molecule has 0 aliphatic carbocycles. The van der Waals surface area contributed by atoms with Crippen molar-refractivity contribution in [2.75, 3.05) is 19.1 Å². The minimum atomic E-state index is -3.77. The average Bonchev–Trinajstić information content (AvgIpc) is 2.75. The van der Waals surface area contributed by atoms with Crippen LogP contribution in [0.3, 0.4) is 0 Å². The minimum Gasteiger partial charge on any atom is -0.493 e. The van der Waals surface area contributed by atoms with Crippen molar-refractivity contribution in [2.24, 2.45) is 5.92 Å². The molecule has 0 saturated carbocycles. The molecule has 0 aromatic heterocycles. The summed E-state index contributed by atoms with van der Waals surface area (Å²) in [7, 11) is -3.77. The molecule has 0 saturated heterocycles. The van der Waals surface area contributed by atoms with Crippen LogP contribution in [0.15, 0.2) is 52.3 Å². The van der Waals surface area contributed by atoms with Gasteiger partial charge in [0.05, 0.1) is 27.3 Å². The van der Waals surface area contributed by atoms with Crippen LogP contribution in [0.4, 0.5) is 0 Å². The maximum atomic E-state index is 12.9. The van der Waals surface area contributed by atoms with Gasteiger partial charge in [-0.15, -0.1) is 11.6 Å². The lowest BCUT2D eigenvalue weighted by molar-refractivity contribution is -0.146. The number of carbonyl (C=O) groups is 1. The summed E-state index contributed by atoms with van der Waals surface area (Å²) in [5, 5.41) is 0.116. The van der Waals surface area contributed by atoms with Gasteiger partial charge in [-0.2, -0.15) is 0 Å². The SMILES string of the molecule is CCC(C)COc1ccc(S(=O)(=O)c2ccc(OCC(CCl)OC(C)=O)c(Cl)c2)cc1. The molecule has 6 nitrogen and oxygen atoms in total. The molecule has 31 heavy (non-hydrogen) atoms. The van der Waals surface area contributed by atoms with E-state index in [0.717, 1.165) is 6.42 Å². The summed E-state index contributed by atoms with van der Waals surface area (Å²) < 4.78 is 42.1. The van der Waals surface area contributed by atoms with E-state index in [-0.39, 0.29) is 33.0 Å². The molecule has 2 rings (SSSR count). The van der Waals surface area contributed by atoms with E-state index in [1.54, 1.807) is 12.1 Å². The summed E-state index contributed by atoms with van der Waals surface area (Å²) in [6.45, 7) is 6.01. The van der Waals surface area contributed by atoms with Crippen molar-refractivity contribution in [3.63, 3.8) is 0 Å². The highest BCUT2D eigenvalue weighted by atomic mass is 35.5. The van der Waals surface area contributed by atoms with Crippen molar-refractivity contribution in [1.82, 2.24) is 0 Å². The van der Waals surface area contributed by atoms with Crippen LogP contribution >= 0.6 is 23.2 Å². The summed E-state index contributed by atoms with van der Waals surface area (Å²) >= 11 is 12.0. The Morgan fingerprint density at radius 3 is 2.23 bits per heavy atom. The fourth-order valence-corrected chi connectivity index (χ4v) is 4.24.